The molecule has 0 bridgehead atoms. The highest BCUT2D eigenvalue weighted by atomic mass is 19.4. The van der Waals surface area contributed by atoms with E-state index in [0.717, 1.165) is 11.3 Å². The minimum absolute atomic E-state index is 0.0758. The molecule has 0 aliphatic carbocycles. The molecule has 1 N–H and O–H groups in total. The van der Waals surface area contributed by atoms with Gasteiger partial charge >= 0.3 is 6.18 Å². The Labute approximate surface area is 139 Å². The van der Waals surface area contributed by atoms with Crippen LogP contribution in [0.4, 0.5) is 13.2 Å². The third-order valence-corrected chi connectivity index (χ3v) is 4.26. The molecule has 134 valence electrons. The average Bonchev–Trinajstić information content (AvgIpc) is 2.51. The highest BCUT2D eigenvalue weighted by molar-refractivity contribution is 5.76. The molecule has 4 nitrogen and oxygen atoms in total. The Hall–Kier alpha value is -1.76. The minimum atomic E-state index is -4.65. The van der Waals surface area contributed by atoms with Gasteiger partial charge in [-0.2, -0.15) is 13.2 Å². The maximum Gasteiger partial charge on any atom is 0.417 e. The zero-order valence-electron chi connectivity index (χ0n) is 13.6. The van der Waals surface area contributed by atoms with Crippen LogP contribution in [0, 0.1) is 6.92 Å². The number of carbonyl (C=O) groups is 1. The van der Waals surface area contributed by atoms with Crippen molar-refractivity contribution in [2.75, 3.05) is 19.7 Å². The van der Waals surface area contributed by atoms with Crippen molar-refractivity contribution in [3.05, 3.63) is 29.8 Å². The molecule has 0 spiro atoms. The van der Waals surface area contributed by atoms with Gasteiger partial charge in [-0.05, 0) is 31.0 Å². The van der Waals surface area contributed by atoms with E-state index in [1.165, 1.54) is 4.90 Å². The van der Waals surface area contributed by atoms with E-state index < -0.39 is 24.6 Å². The molecule has 24 heavy (non-hydrogen) atoms. The number of halogens is 3. The molecule has 1 fully saturated rings. The second-order valence-electron chi connectivity index (χ2n) is 6.18. The predicted octanol–water partition coefficient (Wildman–Crippen LogP) is 3.07. The SMILES string of the molecule is Cc1cccc(OCCCC(=O)N2CCC(O)(C(F)(F)F)CC2)c1. The van der Waals surface area contributed by atoms with Crippen molar-refractivity contribution in [2.45, 2.75) is 44.4 Å². The minimum Gasteiger partial charge on any atom is -0.494 e. The third kappa shape index (κ3) is 4.63. The molecule has 2 rings (SSSR count). The highest BCUT2D eigenvalue weighted by Crippen LogP contribution is 2.38. The fourth-order valence-electron chi connectivity index (χ4n) is 2.69. The molecule has 0 unspecified atom stereocenters. The Kier molecular flexibility index (Phi) is 5.74. The number of nitrogens with zero attached hydrogens (tertiary/aromatic N) is 1. The first-order chi connectivity index (χ1) is 11.2. The molecule has 1 aliphatic rings. The number of alkyl halides is 3. The number of aliphatic hydroxyl groups is 1. The van der Waals surface area contributed by atoms with Crippen molar-refractivity contribution in [3.63, 3.8) is 0 Å². The monoisotopic (exact) mass is 345 g/mol. The van der Waals surface area contributed by atoms with Gasteiger partial charge in [-0.1, -0.05) is 12.1 Å². The van der Waals surface area contributed by atoms with E-state index >= 15 is 0 Å². The number of hydrogen-bond donors (Lipinski definition) is 1. The van der Waals surface area contributed by atoms with Crippen molar-refractivity contribution in [3.8, 4) is 5.75 Å². The van der Waals surface area contributed by atoms with Gasteiger partial charge < -0.3 is 14.7 Å². The Balaban J connectivity index is 1.70. The molecule has 7 heteroatoms. The summed E-state index contributed by atoms with van der Waals surface area (Å²) >= 11 is 0. The van der Waals surface area contributed by atoms with Gasteiger partial charge in [-0.3, -0.25) is 4.79 Å². The summed E-state index contributed by atoms with van der Waals surface area (Å²) in [4.78, 5) is 13.4. The fraction of sp³-hybridized carbons (Fsp3) is 0.588. The summed E-state index contributed by atoms with van der Waals surface area (Å²) in [5, 5.41) is 9.59. The maximum absolute atomic E-state index is 12.7. The van der Waals surface area contributed by atoms with Gasteiger partial charge in [-0.25, -0.2) is 0 Å². The normalized spacial score (nSPS) is 17.6. The van der Waals surface area contributed by atoms with Crippen LogP contribution in [0.15, 0.2) is 24.3 Å². The van der Waals surface area contributed by atoms with E-state index in [2.05, 4.69) is 0 Å². The molecule has 0 atom stereocenters. The van der Waals surface area contributed by atoms with Crippen molar-refractivity contribution in [1.29, 1.82) is 0 Å². The molecule has 1 aromatic carbocycles. The predicted molar refractivity (Wildman–Crippen MR) is 82.7 cm³/mol. The summed E-state index contributed by atoms with van der Waals surface area (Å²) < 4.78 is 43.7. The van der Waals surface area contributed by atoms with Crippen LogP contribution in [-0.4, -0.2) is 47.4 Å². The number of hydrogen-bond acceptors (Lipinski definition) is 3. The summed E-state index contributed by atoms with van der Waals surface area (Å²) in [5.41, 5.74) is -1.59. The van der Waals surface area contributed by atoms with E-state index in [0.29, 0.717) is 13.0 Å². The van der Waals surface area contributed by atoms with Crippen molar-refractivity contribution in [2.24, 2.45) is 0 Å². The zero-order valence-corrected chi connectivity index (χ0v) is 13.6. The first-order valence-electron chi connectivity index (χ1n) is 7.98. The Morgan fingerprint density at radius 1 is 1.33 bits per heavy atom. The fourth-order valence-corrected chi connectivity index (χ4v) is 2.69. The lowest BCUT2D eigenvalue weighted by Gasteiger charge is -2.39. The largest absolute Gasteiger partial charge is 0.494 e. The lowest BCUT2D eigenvalue weighted by molar-refractivity contribution is -0.272. The average molecular weight is 345 g/mol. The molecule has 1 heterocycles. The first-order valence-corrected chi connectivity index (χ1v) is 7.98. The number of likely N-dealkylation sites (tertiary alicyclic amines) is 1. The number of aryl methyl sites for hydroxylation is 1. The van der Waals surface area contributed by atoms with Crippen LogP contribution in [0.1, 0.15) is 31.2 Å². The van der Waals surface area contributed by atoms with Gasteiger partial charge in [0.05, 0.1) is 6.61 Å². The molecule has 1 saturated heterocycles. The van der Waals surface area contributed by atoms with E-state index in [4.69, 9.17) is 4.74 Å². The standard InChI is InChI=1S/C17H22F3NO3/c1-13-4-2-5-14(12-13)24-11-3-6-15(22)21-9-7-16(23,8-10-21)17(18,19)20/h2,4-5,12,23H,3,6-11H2,1H3. The smallest absolute Gasteiger partial charge is 0.417 e. The number of rotatable bonds is 5. The van der Waals surface area contributed by atoms with Crippen LogP contribution < -0.4 is 4.74 Å². The number of piperidine rings is 1. The summed E-state index contributed by atoms with van der Waals surface area (Å²) in [5.74, 6) is 0.530. The number of amides is 1. The Morgan fingerprint density at radius 3 is 2.58 bits per heavy atom. The van der Waals surface area contributed by atoms with Crippen LogP contribution >= 0.6 is 0 Å². The van der Waals surface area contributed by atoms with Gasteiger partial charge in [0.2, 0.25) is 5.91 Å². The summed E-state index contributed by atoms with van der Waals surface area (Å²) in [7, 11) is 0. The second kappa shape index (κ2) is 7.42. The summed E-state index contributed by atoms with van der Waals surface area (Å²) in [6, 6.07) is 7.56. The summed E-state index contributed by atoms with van der Waals surface area (Å²) in [6.07, 6.45) is -4.88. The van der Waals surface area contributed by atoms with Gasteiger partial charge in [0, 0.05) is 32.4 Å². The highest BCUT2D eigenvalue weighted by Gasteiger charge is 2.54. The van der Waals surface area contributed by atoms with E-state index in [-0.39, 0.29) is 25.4 Å². The first kappa shape index (κ1) is 18.6. The molecular formula is C17H22F3NO3. The lowest BCUT2D eigenvalue weighted by Crippen LogP contribution is -2.54. The quantitative estimate of drug-likeness (QED) is 0.835. The van der Waals surface area contributed by atoms with Crippen LogP contribution in [-0.2, 0) is 4.79 Å². The number of benzene rings is 1. The van der Waals surface area contributed by atoms with Crippen molar-refractivity contribution >= 4 is 5.91 Å². The molecule has 1 amide bonds. The van der Waals surface area contributed by atoms with Gasteiger partial charge in [0.1, 0.15) is 5.75 Å². The number of carbonyl (C=O) groups excluding carboxylic acids is 1. The topological polar surface area (TPSA) is 49.8 Å². The summed E-state index contributed by atoms with van der Waals surface area (Å²) in [6.45, 7) is 2.17. The van der Waals surface area contributed by atoms with Gasteiger partial charge in [0.25, 0.3) is 0 Å². The zero-order chi connectivity index (χ0) is 17.8. The Morgan fingerprint density at radius 2 is 2.00 bits per heavy atom. The Bertz CT molecular complexity index is 566. The van der Waals surface area contributed by atoms with Gasteiger partial charge in [-0.15, -0.1) is 0 Å². The molecule has 0 saturated carbocycles. The molecule has 1 aromatic rings. The van der Waals surface area contributed by atoms with Crippen LogP contribution in [0.5, 0.6) is 5.75 Å². The van der Waals surface area contributed by atoms with E-state index in [1.807, 2.05) is 31.2 Å². The van der Waals surface area contributed by atoms with Crippen molar-refractivity contribution < 1.29 is 27.8 Å². The van der Waals surface area contributed by atoms with E-state index in [9.17, 15) is 23.1 Å². The second-order valence-corrected chi connectivity index (χ2v) is 6.18. The van der Waals surface area contributed by atoms with Crippen LogP contribution in [0.25, 0.3) is 0 Å². The van der Waals surface area contributed by atoms with E-state index in [1.54, 1.807) is 0 Å². The molecule has 0 radical (unpaired) electrons. The molecule has 1 aliphatic heterocycles. The third-order valence-electron chi connectivity index (χ3n) is 4.26. The lowest BCUT2D eigenvalue weighted by atomic mass is 9.90. The maximum atomic E-state index is 12.7. The van der Waals surface area contributed by atoms with Crippen molar-refractivity contribution in [1.82, 2.24) is 4.90 Å². The van der Waals surface area contributed by atoms with Crippen LogP contribution in [0.3, 0.4) is 0 Å². The number of ether oxygens (including phenoxy) is 1. The van der Waals surface area contributed by atoms with Crippen LogP contribution in [0.2, 0.25) is 0 Å². The molecule has 0 aromatic heterocycles. The molecular weight excluding hydrogens is 323 g/mol. The van der Waals surface area contributed by atoms with Gasteiger partial charge in [0.15, 0.2) is 5.60 Å².